The van der Waals surface area contributed by atoms with Gasteiger partial charge in [0.25, 0.3) is 11.5 Å². The van der Waals surface area contributed by atoms with Crippen LogP contribution in [0.25, 0.3) is 0 Å². The zero-order chi connectivity index (χ0) is 19.9. The summed E-state index contributed by atoms with van der Waals surface area (Å²) in [7, 11) is 0. The maximum absolute atomic E-state index is 12.2. The van der Waals surface area contributed by atoms with Crippen molar-refractivity contribution >= 4 is 46.4 Å². The molecule has 2 amide bonds. The van der Waals surface area contributed by atoms with Crippen LogP contribution in [0.15, 0.2) is 57.8 Å². The van der Waals surface area contributed by atoms with Crippen LogP contribution in [0.5, 0.6) is 0 Å². The number of H-pyrrole nitrogens is 1. The molecule has 28 heavy (non-hydrogen) atoms. The Hall–Kier alpha value is -3.11. The molecule has 5 N–H and O–H groups in total. The number of aromatic nitrogens is 2. The van der Waals surface area contributed by atoms with Gasteiger partial charge in [0.05, 0.1) is 10.6 Å². The Bertz CT molecular complexity index is 1020. The van der Waals surface area contributed by atoms with Gasteiger partial charge in [-0.25, -0.2) is 4.98 Å². The fourth-order valence-corrected chi connectivity index (χ4v) is 3.54. The van der Waals surface area contributed by atoms with Crippen molar-refractivity contribution < 1.29 is 9.59 Å². The van der Waals surface area contributed by atoms with E-state index in [1.807, 2.05) is 30.3 Å². The number of nitrogens with zero attached hydrogens (tertiary/aromatic N) is 1. The minimum atomic E-state index is -0.579. The van der Waals surface area contributed by atoms with Gasteiger partial charge in [-0.05, 0) is 17.0 Å². The Morgan fingerprint density at radius 3 is 2.64 bits per heavy atom. The fourth-order valence-electron chi connectivity index (χ4n) is 2.22. The van der Waals surface area contributed by atoms with Crippen LogP contribution in [0.4, 0.5) is 11.5 Å². The van der Waals surface area contributed by atoms with E-state index >= 15 is 0 Å². The highest BCUT2D eigenvalue weighted by Crippen LogP contribution is 2.18. The molecule has 0 aliphatic carbocycles. The van der Waals surface area contributed by atoms with Gasteiger partial charge in [-0.2, -0.15) is 0 Å². The van der Waals surface area contributed by atoms with Crippen LogP contribution in [0.1, 0.15) is 15.2 Å². The highest BCUT2D eigenvalue weighted by molar-refractivity contribution is 7.99. The number of aromatic amines is 1. The molecule has 0 atom stereocenters. The third kappa shape index (κ3) is 5.21. The van der Waals surface area contributed by atoms with E-state index in [0.29, 0.717) is 11.4 Å². The predicted molar refractivity (Wildman–Crippen MR) is 111 cm³/mol. The number of nitrogens with two attached hydrogens (primary N) is 1. The predicted octanol–water partition coefficient (Wildman–Crippen LogP) is 2.07. The SMILES string of the molecule is Nc1nc(SCC(=O)NCc2ccccc2)[nH]c(=O)c1NC(=O)c1cccs1. The largest absolute Gasteiger partial charge is 0.382 e. The van der Waals surface area contributed by atoms with Crippen LogP contribution < -0.4 is 21.9 Å². The average Bonchev–Trinajstić information content (AvgIpc) is 3.23. The van der Waals surface area contributed by atoms with Crippen molar-refractivity contribution in [1.29, 1.82) is 0 Å². The minimum absolute atomic E-state index is 0.0656. The first kappa shape index (κ1) is 19.6. The summed E-state index contributed by atoms with van der Waals surface area (Å²) in [6.45, 7) is 0.417. The highest BCUT2D eigenvalue weighted by atomic mass is 32.2. The van der Waals surface area contributed by atoms with Gasteiger partial charge in [0, 0.05) is 6.54 Å². The molecule has 10 heteroatoms. The lowest BCUT2D eigenvalue weighted by Crippen LogP contribution is -2.25. The summed E-state index contributed by atoms with van der Waals surface area (Å²) in [5.74, 6) is -0.684. The number of amides is 2. The molecule has 0 fully saturated rings. The topological polar surface area (TPSA) is 130 Å². The van der Waals surface area contributed by atoms with Crippen molar-refractivity contribution in [1.82, 2.24) is 15.3 Å². The van der Waals surface area contributed by atoms with Crippen LogP contribution >= 0.6 is 23.1 Å². The molecule has 2 heterocycles. The standard InChI is InChI=1S/C18H17N5O3S2/c19-15-14(21-16(25)12-7-4-8-27-12)17(26)23-18(22-15)28-10-13(24)20-9-11-5-2-1-3-6-11/h1-8H,9-10H2,(H,20,24)(H,21,25)(H3,19,22,23,26). The second-order valence-corrected chi connectivity index (χ2v) is 7.53. The van der Waals surface area contributed by atoms with E-state index < -0.39 is 11.5 Å². The van der Waals surface area contributed by atoms with Gasteiger partial charge in [-0.3, -0.25) is 19.4 Å². The average molecular weight is 416 g/mol. The second-order valence-electron chi connectivity index (χ2n) is 5.61. The molecule has 3 aromatic rings. The summed E-state index contributed by atoms with van der Waals surface area (Å²) in [6, 6.07) is 12.9. The van der Waals surface area contributed by atoms with Crippen molar-refractivity contribution in [2.24, 2.45) is 0 Å². The van der Waals surface area contributed by atoms with Gasteiger partial charge in [-0.1, -0.05) is 48.2 Å². The van der Waals surface area contributed by atoms with Crippen molar-refractivity contribution in [2.45, 2.75) is 11.7 Å². The molecule has 8 nitrogen and oxygen atoms in total. The van der Waals surface area contributed by atoms with Crippen molar-refractivity contribution in [2.75, 3.05) is 16.8 Å². The fraction of sp³-hybridized carbons (Fsp3) is 0.111. The van der Waals surface area contributed by atoms with Crippen molar-refractivity contribution in [3.63, 3.8) is 0 Å². The molecule has 0 unspecified atom stereocenters. The minimum Gasteiger partial charge on any atom is -0.382 e. The zero-order valence-electron chi connectivity index (χ0n) is 14.6. The molecular weight excluding hydrogens is 398 g/mol. The molecule has 0 saturated heterocycles. The maximum atomic E-state index is 12.2. The number of carbonyl (C=O) groups is 2. The Morgan fingerprint density at radius 2 is 1.96 bits per heavy atom. The number of nitrogens with one attached hydrogen (secondary N) is 3. The van der Waals surface area contributed by atoms with E-state index in [9.17, 15) is 14.4 Å². The van der Waals surface area contributed by atoms with E-state index in [4.69, 9.17) is 5.73 Å². The number of nitrogen functional groups attached to an aromatic ring is 1. The number of rotatable bonds is 7. The van der Waals surface area contributed by atoms with Crippen LogP contribution in [-0.2, 0) is 11.3 Å². The molecule has 0 aliphatic rings. The Balaban J connectivity index is 1.57. The van der Waals surface area contributed by atoms with E-state index in [0.717, 1.165) is 17.3 Å². The Kier molecular flexibility index (Phi) is 6.45. The highest BCUT2D eigenvalue weighted by Gasteiger charge is 2.15. The number of hydrogen-bond acceptors (Lipinski definition) is 7. The van der Waals surface area contributed by atoms with Gasteiger partial charge in [-0.15, -0.1) is 11.3 Å². The summed E-state index contributed by atoms with van der Waals surface area (Å²) in [4.78, 5) is 43.3. The molecule has 0 bridgehead atoms. The summed E-state index contributed by atoms with van der Waals surface area (Å²) < 4.78 is 0. The number of hydrogen-bond donors (Lipinski definition) is 4. The van der Waals surface area contributed by atoms with Crippen LogP contribution in [-0.4, -0.2) is 27.5 Å². The zero-order valence-corrected chi connectivity index (χ0v) is 16.2. The maximum Gasteiger partial charge on any atom is 0.277 e. The normalized spacial score (nSPS) is 10.4. The van der Waals surface area contributed by atoms with Crippen LogP contribution in [0.2, 0.25) is 0 Å². The van der Waals surface area contributed by atoms with E-state index in [2.05, 4.69) is 20.6 Å². The van der Waals surface area contributed by atoms with E-state index in [1.165, 1.54) is 11.3 Å². The quantitative estimate of drug-likeness (QED) is 0.345. The van der Waals surface area contributed by atoms with Gasteiger partial charge in [0.1, 0.15) is 0 Å². The van der Waals surface area contributed by atoms with E-state index in [-0.39, 0.29) is 28.3 Å². The first-order chi connectivity index (χ1) is 13.5. The number of benzene rings is 1. The smallest absolute Gasteiger partial charge is 0.277 e. The lowest BCUT2D eigenvalue weighted by atomic mass is 10.2. The molecule has 1 aromatic carbocycles. The molecule has 0 radical (unpaired) electrons. The van der Waals surface area contributed by atoms with Gasteiger partial charge < -0.3 is 16.4 Å². The summed E-state index contributed by atoms with van der Waals surface area (Å²) in [5.41, 5.74) is 6.10. The molecule has 0 spiro atoms. The summed E-state index contributed by atoms with van der Waals surface area (Å²) >= 11 is 2.29. The van der Waals surface area contributed by atoms with Crippen LogP contribution in [0, 0.1) is 0 Å². The number of carbonyl (C=O) groups excluding carboxylic acids is 2. The monoisotopic (exact) mass is 415 g/mol. The third-order valence-corrected chi connectivity index (χ3v) is 5.32. The number of thioether (sulfide) groups is 1. The molecule has 144 valence electrons. The Morgan fingerprint density at radius 1 is 1.18 bits per heavy atom. The lowest BCUT2D eigenvalue weighted by Gasteiger charge is -2.08. The van der Waals surface area contributed by atoms with Gasteiger partial charge in [0.15, 0.2) is 16.7 Å². The third-order valence-electron chi connectivity index (χ3n) is 3.58. The van der Waals surface area contributed by atoms with Crippen molar-refractivity contribution in [3.05, 3.63) is 68.6 Å². The van der Waals surface area contributed by atoms with E-state index in [1.54, 1.807) is 17.5 Å². The molecule has 2 aromatic heterocycles. The number of thiophene rings is 1. The summed E-state index contributed by atoms with van der Waals surface area (Å²) in [5, 5.41) is 7.20. The number of anilines is 2. The summed E-state index contributed by atoms with van der Waals surface area (Å²) in [6.07, 6.45) is 0. The van der Waals surface area contributed by atoms with Crippen LogP contribution in [0.3, 0.4) is 0 Å². The molecule has 0 saturated carbocycles. The second kappa shape index (κ2) is 9.20. The Labute approximate surface area is 168 Å². The van der Waals surface area contributed by atoms with Gasteiger partial charge in [0.2, 0.25) is 5.91 Å². The lowest BCUT2D eigenvalue weighted by molar-refractivity contribution is -0.118. The molecule has 0 aliphatic heterocycles. The van der Waals surface area contributed by atoms with Crippen molar-refractivity contribution in [3.8, 4) is 0 Å². The molecule has 3 rings (SSSR count). The molecular formula is C18H17N5O3S2. The van der Waals surface area contributed by atoms with Gasteiger partial charge >= 0.3 is 0 Å². The first-order valence-electron chi connectivity index (χ1n) is 8.21. The first-order valence-corrected chi connectivity index (χ1v) is 10.1.